The maximum absolute atomic E-state index is 13.2. The molecule has 18 heavy (non-hydrogen) atoms. The van der Waals surface area contributed by atoms with Crippen molar-refractivity contribution in [3.63, 3.8) is 0 Å². The van der Waals surface area contributed by atoms with Crippen molar-refractivity contribution in [2.24, 2.45) is 0 Å². The molecule has 3 N–H and O–H groups in total. The summed E-state index contributed by atoms with van der Waals surface area (Å²) in [7, 11) is 0. The van der Waals surface area contributed by atoms with Crippen molar-refractivity contribution in [3.05, 3.63) is 35.1 Å². The Hall–Kier alpha value is -1.95. The second-order valence-corrected chi connectivity index (χ2v) is 3.84. The Bertz CT molecular complexity index is 461. The molecule has 0 aliphatic rings. The molecule has 1 atom stereocenters. The van der Waals surface area contributed by atoms with Gasteiger partial charge in [0, 0.05) is 18.6 Å². The molecule has 1 rings (SSSR count). The maximum Gasteiger partial charge on any atom is 0.326 e. The summed E-state index contributed by atoms with van der Waals surface area (Å²) in [5.74, 6) is -2.46. The molecule has 0 saturated heterocycles. The Labute approximate surface area is 103 Å². The van der Waals surface area contributed by atoms with E-state index in [4.69, 9.17) is 10.2 Å². The smallest absolute Gasteiger partial charge is 0.326 e. The van der Waals surface area contributed by atoms with Gasteiger partial charge in [0.05, 0.1) is 0 Å². The van der Waals surface area contributed by atoms with E-state index in [2.05, 4.69) is 5.32 Å². The molecule has 0 bridgehead atoms. The second kappa shape index (κ2) is 6.11. The van der Waals surface area contributed by atoms with E-state index in [1.54, 1.807) is 6.92 Å². The topological polar surface area (TPSA) is 86.6 Å². The molecule has 0 radical (unpaired) electrons. The van der Waals surface area contributed by atoms with Gasteiger partial charge in [-0.2, -0.15) is 0 Å². The summed E-state index contributed by atoms with van der Waals surface area (Å²) in [5.41, 5.74) is 0.444. The Kier molecular flexibility index (Phi) is 4.79. The van der Waals surface area contributed by atoms with Crippen LogP contribution in [0.25, 0.3) is 0 Å². The van der Waals surface area contributed by atoms with Crippen LogP contribution in [0.1, 0.15) is 22.3 Å². The third-order valence-corrected chi connectivity index (χ3v) is 2.46. The number of carbonyl (C=O) groups excluding carboxylic acids is 1. The van der Waals surface area contributed by atoms with Gasteiger partial charge in [0.2, 0.25) is 0 Å². The summed E-state index contributed by atoms with van der Waals surface area (Å²) in [4.78, 5) is 22.5. The van der Waals surface area contributed by atoms with E-state index in [1.807, 2.05) is 0 Å². The molecule has 1 amide bonds. The molecular weight excluding hydrogens is 241 g/mol. The highest BCUT2D eigenvalue weighted by atomic mass is 19.1. The molecule has 98 valence electrons. The highest BCUT2D eigenvalue weighted by molar-refractivity contribution is 5.96. The Morgan fingerprint density at radius 1 is 1.44 bits per heavy atom. The largest absolute Gasteiger partial charge is 0.480 e. The van der Waals surface area contributed by atoms with Crippen LogP contribution in [0.3, 0.4) is 0 Å². The molecule has 0 aromatic heterocycles. The summed E-state index contributed by atoms with van der Waals surface area (Å²) < 4.78 is 13.2. The number of carboxylic acid groups (broad SMARTS) is 1. The molecule has 1 aromatic rings. The highest BCUT2D eigenvalue weighted by Gasteiger charge is 2.20. The maximum atomic E-state index is 13.2. The first-order valence-corrected chi connectivity index (χ1v) is 5.36. The van der Waals surface area contributed by atoms with Crippen molar-refractivity contribution in [1.29, 1.82) is 0 Å². The fourth-order valence-corrected chi connectivity index (χ4v) is 1.36. The number of nitrogens with one attached hydrogen (secondary N) is 1. The summed E-state index contributed by atoms with van der Waals surface area (Å²) in [6.45, 7) is 1.20. The van der Waals surface area contributed by atoms with Crippen LogP contribution in [0.2, 0.25) is 0 Å². The number of carboxylic acids is 1. The number of aryl methyl sites for hydroxylation is 1. The van der Waals surface area contributed by atoms with Crippen LogP contribution < -0.4 is 5.32 Å². The predicted octanol–water partition coefficient (Wildman–Crippen LogP) is 0.700. The van der Waals surface area contributed by atoms with Crippen LogP contribution in [-0.2, 0) is 4.79 Å². The van der Waals surface area contributed by atoms with Gasteiger partial charge in [-0.05, 0) is 24.6 Å². The normalized spacial score (nSPS) is 11.9. The van der Waals surface area contributed by atoms with Crippen molar-refractivity contribution in [2.75, 3.05) is 6.61 Å². The Morgan fingerprint density at radius 2 is 2.11 bits per heavy atom. The minimum atomic E-state index is -1.25. The van der Waals surface area contributed by atoms with Gasteiger partial charge in [-0.1, -0.05) is 6.07 Å². The number of hydrogen-bond donors (Lipinski definition) is 3. The molecule has 0 unspecified atom stereocenters. The molecule has 0 saturated carbocycles. The number of aliphatic hydroxyl groups is 1. The zero-order chi connectivity index (χ0) is 13.7. The van der Waals surface area contributed by atoms with Gasteiger partial charge in [0.1, 0.15) is 11.9 Å². The van der Waals surface area contributed by atoms with Gasteiger partial charge < -0.3 is 15.5 Å². The number of amides is 1. The third-order valence-electron chi connectivity index (χ3n) is 2.46. The van der Waals surface area contributed by atoms with E-state index in [0.29, 0.717) is 5.56 Å². The second-order valence-electron chi connectivity index (χ2n) is 3.84. The van der Waals surface area contributed by atoms with Crippen molar-refractivity contribution < 1.29 is 24.2 Å². The van der Waals surface area contributed by atoms with Crippen LogP contribution in [0.5, 0.6) is 0 Å². The van der Waals surface area contributed by atoms with Gasteiger partial charge in [0.25, 0.3) is 5.91 Å². The number of benzene rings is 1. The standard InChI is InChI=1S/C12H14FNO4/c1-7-2-3-8(6-9(7)13)11(16)14-10(4-5-15)12(17)18/h2-3,6,10,15H,4-5H2,1H3,(H,14,16)(H,17,18)/t10-/m0/s1. The minimum absolute atomic E-state index is 0.0438. The molecule has 1 aromatic carbocycles. The third kappa shape index (κ3) is 3.53. The first-order chi connectivity index (χ1) is 8.45. The summed E-state index contributed by atoms with van der Waals surface area (Å²) in [6.07, 6.45) is -0.102. The van der Waals surface area contributed by atoms with Crippen LogP contribution in [0.15, 0.2) is 18.2 Å². The number of aliphatic hydroxyl groups excluding tert-OH is 1. The first kappa shape index (κ1) is 14.1. The number of rotatable bonds is 5. The fourth-order valence-electron chi connectivity index (χ4n) is 1.36. The van der Waals surface area contributed by atoms with Gasteiger partial charge >= 0.3 is 5.97 Å². The van der Waals surface area contributed by atoms with E-state index in [1.165, 1.54) is 12.1 Å². The average molecular weight is 255 g/mol. The molecule has 0 fully saturated rings. The van der Waals surface area contributed by atoms with Crippen molar-refractivity contribution in [3.8, 4) is 0 Å². The molecule has 5 nitrogen and oxygen atoms in total. The van der Waals surface area contributed by atoms with Crippen molar-refractivity contribution >= 4 is 11.9 Å². The Morgan fingerprint density at radius 3 is 2.61 bits per heavy atom. The summed E-state index contributed by atoms with van der Waals surface area (Å²) >= 11 is 0. The number of hydrogen-bond acceptors (Lipinski definition) is 3. The molecule has 0 aliphatic heterocycles. The number of halogens is 1. The number of carbonyl (C=O) groups is 2. The van der Waals surface area contributed by atoms with Crippen LogP contribution in [0, 0.1) is 12.7 Å². The van der Waals surface area contributed by atoms with Crippen LogP contribution >= 0.6 is 0 Å². The van der Waals surface area contributed by atoms with E-state index in [9.17, 15) is 14.0 Å². The minimum Gasteiger partial charge on any atom is -0.480 e. The zero-order valence-corrected chi connectivity index (χ0v) is 9.81. The van der Waals surface area contributed by atoms with Gasteiger partial charge in [-0.15, -0.1) is 0 Å². The summed E-state index contributed by atoms with van der Waals surface area (Å²) in [5, 5.41) is 19.7. The lowest BCUT2D eigenvalue weighted by Gasteiger charge is -2.13. The van der Waals surface area contributed by atoms with Crippen LogP contribution in [-0.4, -0.2) is 34.7 Å². The van der Waals surface area contributed by atoms with E-state index >= 15 is 0 Å². The molecular formula is C12H14FNO4. The van der Waals surface area contributed by atoms with Gasteiger partial charge in [0.15, 0.2) is 0 Å². The molecule has 6 heteroatoms. The molecule has 0 heterocycles. The van der Waals surface area contributed by atoms with E-state index < -0.39 is 23.7 Å². The van der Waals surface area contributed by atoms with E-state index in [0.717, 1.165) is 6.07 Å². The monoisotopic (exact) mass is 255 g/mol. The van der Waals surface area contributed by atoms with Gasteiger partial charge in [-0.3, -0.25) is 4.79 Å². The van der Waals surface area contributed by atoms with Crippen molar-refractivity contribution in [1.82, 2.24) is 5.32 Å². The average Bonchev–Trinajstić information content (AvgIpc) is 2.31. The molecule has 0 aliphatic carbocycles. The SMILES string of the molecule is Cc1ccc(C(=O)N[C@@H](CCO)C(=O)O)cc1F. The quantitative estimate of drug-likeness (QED) is 0.722. The summed E-state index contributed by atoms with van der Waals surface area (Å²) in [6, 6.07) is 2.70. The Balaban J connectivity index is 2.80. The lowest BCUT2D eigenvalue weighted by molar-refractivity contribution is -0.139. The molecule has 0 spiro atoms. The van der Waals surface area contributed by atoms with E-state index in [-0.39, 0.29) is 18.6 Å². The lowest BCUT2D eigenvalue weighted by atomic mass is 10.1. The first-order valence-electron chi connectivity index (χ1n) is 5.36. The van der Waals surface area contributed by atoms with Crippen LogP contribution in [0.4, 0.5) is 4.39 Å². The van der Waals surface area contributed by atoms with Crippen molar-refractivity contribution in [2.45, 2.75) is 19.4 Å². The fraction of sp³-hybridized carbons (Fsp3) is 0.333. The highest BCUT2D eigenvalue weighted by Crippen LogP contribution is 2.09. The zero-order valence-electron chi connectivity index (χ0n) is 9.81. The van der Waals surface area contributed by atoms with Gasteiger partial charge in [-0.25, -0.2) is 9.18 Å². The lowest BCUT2D eigenvalue weighted by Crippen LogP contribution is -2.41. The number of aliphatic carboxylic acids is 1. The predicted molar refractivity (Wildman–Crippen MR) is 61.7 cm³/mol.